The first-order valence-electron chi connectivity index (χ1n) is 9.72. The molecule has 0 aromatic heterocycles. The predicted molar refractivity (Wildman–Crippen MR) is 107 cm³/mol. The third-order valence-corrected chi connectivity index (χ3v) is 5.08. The van der Waals surface area contributed by atoms with Crippen LogP contribution in [0.3, 0.4) is 0 Å². The number of anilines is 1. The van der Waals surface area contributed by atoms with Crippen molar-refractivity contribution in [3.8, 4) is 0 Å². The molecule has 1 aromatic carbocycles. The standard InChI is InChI=1S/C22H34N2O2/c1-15(2)24(19-13-16(3)10-11-17(19)4)20(25)18-9-8-12-23(14-18)21(26)22(5,6)7/h10-11,13,15,18H,8-9,12,14H2,1-7H3. The molecule has 1 aliphatic rings. The zero-order valence-corrected chi connectivity index (χ0v) is 17.4. The highest BCUT2D eigenvalue weighted by Gasteiger charge is 2.36. The molecule has 1 aromatic rings. The maximum atomic E-state index is 13.4. The van der Waals surface area contributed by atoms with Gasteiger partial charge in [-0.15, -0.1) is 0 Å². The van der Waals surface area contributed by atoms with Crippen LogP contribution in [-0.4, -0.2) is 35.8 Å². The molecule has 1 atom stereocenters. The van der Waals surface area contributed by atoms with E-state index in [-0.39, 0.29) is 23.8 Å². The lowest BCUT2D eigenvalue weighted by Gasteiger charge is -2.39. The summed E-state index contributed by atoms with van der Waals surface area (Å²) >= 11 is 0. The molecule has 0 N–H and O–H groups in total. The summed E-state index contributed by atoms with van der Waals surface area (Å²) in [6.07, 6.45) is 1.73. The SMILES string of the molecule is Cc1ccc(C)c(N(C(=O)C2CCCN(C(=O)C(C)(C)C)C2)C(C)C)c1. The Labute approximate surface area is 158 Å². The monoisotopic (exact) mass is 358 g/mol. The van der Waals surface area contributed by atoms with E-state index in [0.29, 0.717) is 6.54 Å². The molecule has 0 radical (unpaired) electrons. The summed E-state index contributed by atoms with van der Waals surface area (Å²) in [5.74, 6) is 0.148. The molecule has 1 unspecified atom stereocenters. The fourth-order valence-electron chi connectivity index (χ4n) is 3.66. The first kappa shape index (κ1) is 20.5. The van der Waals surface area contributed by atoms with Gasteiger partial charge < -0.3 is 9.80 Å². The second-order valence-electron chi connectivity index (χ2n) is 8.93. The van der Waals surface area contributed by atoms with Gasteiger partial charge in [0.15, 0.2) is 0 Å². The number of aryl methyl sites for hydroxylation is 2. The van der Waals surface area contributed by atoms with E-state index in [0.717, 1.165) is 36.2 Å². The summed E-state index contributed by atoms with van der Waals surface area (Å²) in [5, 5.41) is 0. The smallest absolute Gasteiger partial charge is 0.232 e. The minimum atomic E-state index is -0.407. The van der Waals surface area contributed by atoms with Crippen LogP contribution < -0.4 is 4.90 Å². The molecule has 2 amide bonds. The van der Waals surface area contributed by atoms with Gasteiger partial charge in [-0.05, 0) is 57.7 Å². The molecule has 1 heterocycles. The molecule has 4 heteroatoms. The summed E-state index contributed by atoms with van der Waals surface area (Å²) in [5.41, 5.74) is 2.84. The normalized spacial score (nSPS) is 18.2. The Hall–Kier alpha value is -1.84. The van der Waals surface area contributed by atoms with Gasteiger partial charge in [0.05, 0.1) is 5.92 Å². The summed E-state index contributed by atoms with van der Waals surface area (Å²) in [6.45, 7) is 15.3. The highest BCUT2D eigenvalue weighted by atomic mass is 16.2. The van der Waals surface area contributed by atoms with Crippen LogP contribution in [0, 0.1) is 25.2 Å². The molecular weight excluding hydrogens is 324 g/mol. The molecule has 1 aliphatic heterocycles. The van der Waals surface area contributed by atoms with E-state index in [1.807, 2.05) is 37.5 Å². The number of hydrogen-bond acceptors (Lipinski definition) is 2. The minimum absolute atomic E-state index is 0.0803. The van der Waals surface area contributed by atoms with Crippen LogP contribution >= 0.6 is 0 Å². The lowest BCUT2D eigenvalue weighted by Crippen LogP contribution is -2.51. The number of nitrogens with zero attached hydrogens (tertiary/aromatic N) is 2. The van der Waals surface area contributed by atoms with Crippen molar-refractivity contribution in [2.45, 2.75) is 67.3 Å². The third kappa shape index (κ3) is 4.46. The lowest BCUT2D eigenvalue weighted by atomic mass is 9.90. The van der Waals surface area contributed by atoms with Crippen LogP contribution in [0.25, 0.3) is 0 Å². The third-order valence-electron chi connectivity index (χ3n) is 5.08. The number of rotatable bonds is 3. The minimum Gasteiger partial charge on any atom is -0.341 e. The number of piperidine rings is 1. The van der Waals surface area contributed by atoms with Gasteiger partial charge in [-0.25, -0.2) is 0 Å². The Morgan fingerprint density at radius 1 is 1.19 bits per heavy atom. The van der Waals surface area contributed by atoms with E-state index in [4.69, 9.17) is 0 Å². The van der Waals surface area contributed by atoms with Crippen molar-refractivity contribution in [3.05, 3.63) is 29.3 Å². The van der Waals surface area contributed by atoms with Crippen molar-refractivity contribution in [2.75, 3.05) is 18.0 Å². The zero-order valence-electron chi connectivity index (χ0n) is 17.4. The molecule has 0 aliphatic carbocycles. The van der Waals surface area contributed by atoms with Gasteiger partial charge in [-0.3, -0.25) is 9.59 Å². The van der Waals surface area contributed by atoms with Gasteiger partial charge >= 0.3 is 0 Å². The summed E-state index contributed by atoms with van der Waals surface area (Å²) < 4.78 is 0. The Kier molecular flexibility index (Phi) is 6.15. The maximum Gasteiger partial charge on any atom is 0.232 e. The molecule has 144 valence electrons. The molecule has 2 rings (SSSR count). The summed E-state index contributed by atoms with van der Waals surface area (Å²) in [7, 11) is 0. The topological polar surface area (TPSA) is 40.6 Å². The average Bonchev–Trinajstić information content (AvgIpc) is 2.56. The van der Waals surface area contributed by atoms with Crippen LogP contribution in [0.5, 0.6) is 0 Å². The summed E-state index contributed by atoms with van der Waals surface area (Å²) in [4.78, 5) is 29.9. The second kappa shape index (κ2) is 7.81. The van der Waals surface area contributed by atoms with Crippen molar-refractivity contribution in [3.63, 3.8) is 0 Å². The van der Waals surface area contributed by atoms with Crippen molar-refractivity contribution >= 4 is 17.5 Å². The first-order chi connectivity index (χ1) is 12.0. The fraction of sp³-hybridized carbons (Fsp3) is 0.636. The van der Waals surface area contributed by atoms with E-state index in [2.05, 4.69) is 39.0 Å². The van der Waals surface area contributed by atoms with Gasteiger partial charge in [0.2, 0.25) is 11.8 Å². The van der Waals surface area contributed by atoms with Gasteiger partial charge in [0, 0.05) is 30.2 Å². The van der Waals surface area contributed by atoms with Gasteiger partial charge in [0.1, 0.15) is 0 Å². The number of likely N-dealkylation sites (tertiary alicyclic amines) is 1. The highest BCUT2D eigenvalue weighted by Crippen LogP contribution is 2.29. The first-order valence-corrected chi connectivity index (χ1v) is 9.72. The predicted octanol–water partition coefficient (Wildman–Crippen LogP) is 4.33. The van der Waals surface area contributed by atoms with Crippen molar-refractivity contribution in [1.29, 1.82) is 0 Å². The molecule has 1 saturated heterocycles. The van der Waals surface area contributed by atoms with Crippen molar-refractivity contribution in [1.82, 2.24) is 4.90 Å². The Morgan fingerprint density at radius 3 is 2.42 bits per heavy atom. The summed E-state index contributed by atoms with van der Waals surface area (Å²) in [6, 6.07) is 6.32. The maximum absolute atomic E-state index is 13.4. The molecule has 0 saturated carbocycles. The van der Waals surface area contributed by atoms with Crippen LogP contribution in [0.4, 0.5) is 5.69 Å². The lowest BCUT2D eigenvalue weighted by molar-refractivity contribution is -0.142. The average molecular weight is 359 g/mol. The quantitative estimate of drug-likeness (QED) is 0.807. The number of carbonyl (C=O) groups excluding carboxylic acids is 2. The van der Waals surface area contributed by atoms with E-state index in [9.17, 15) is 9.59 Å². The van der Waals surface area contributed by atoms with E-state index < -0.39 is 5.41 Å². The van der Waals surface area contributed by atoms with Crippen LogP contribution in [0.1, 0.15) is 58.6 Å². The Morgan fingerprint density at radius 2 is 1.85 bits per heavy atom. The number of hydrogen-bond donors (Lipinski definition) is 0. The van der Waals surface area contributed by atoms with Gasteiger partial charge in [0.25, 0.3) is 0 Å². The van der Waals surface area contributed by atoms with Crippen LogP contribution in [0.15, 0.2) is 18.2 Å². The van der Waals surface area contributed by atoms with E-state index >= 15 is 0 Å². The molecule has 0 bridgehead atoms. The van der Waals surface area contributed by atoms with Gasteiger partial charge in [-0.1, -0.05) is 32.9 Å². The largest absolute Gasteiger partial charge is 0.341 e. The highest BCUT2D eigenvalue weighted by molar-refractivity contribution is 5.97. The number of benzene rings is 1. The molecule has 4 nitrogen and oxygen atoms in total. The van der Waals surface area contributed by atoms with Crippen molar-refractivity contribution < 1.29 is 9.59 Å². The zero-order chi connectivity index (χ0) is 19.6. The fourth-order valence-corrected chi connectivity index (χ4v) is 3.66. The number of carbonyl (C=O) groups is 2. The number of amides is 2. The molecular formula is C22H34N2O2. The van der Waals surface area contributed by atoms with Crippen molar-refractivity contribution in [2.24, 2.45) is 11.3 Å². The van der Waals surface area contributed by atoms with E-state index in [1.165, 1.54) is 0 Å². The molecule has 26 heavy (non-hydrogen) atoms. The molecule has 1 fully saturated rings. The van der Waals surface area contributed by atoms with E-state index in [1.54, 1.807) is 0 Å². The van der Waals surface area contributed by atoms with Gasteiger partial charge in [-0.2, -0.15) is 0 Å². The van der Waals surface area contributed by atoms with Crippen LogP contribution in [-0.2, 0) is 9.59 Å². The Balaban J connectivity index is 2.26. The molecule has 0 spiro atoms. The second-order valence-corrected chi connectivity index (χ2v) is 8.93. The van der Waals surface area contributed by atoms with Crippen LogP contribution in [0.2, 0.25) is 0 Å². The Bertz CT molecular complexity index is 673.